The van der Waals surface area contributed by atoms with Crippen LogP contribution in [0.1, 0.15) is 23.0 Å². The van der Waals surface area contributed by atoms with Gasteiger partial charge in [0, 0.05) is 10.9 Å². The van der Waals surface area contributed by atoms with E-state index in [1.807, 2.05) is 24.3 Å². The van der Waals surface area contributed by atoms with E-state index in [0.717, 1.165) is 10.9 Å². The Kier molecular flexibility index (Phi) is 4.42. The molecule has 0 saturated heterocycles. The summed E-state index contributed by atoms with van der Waals surface area (Å²) >= 11 is 0. The molecule has 0 atom stereocenters. The summed E-state index contributed by atoms with van der Waals surface area (Å²) in [6, 6.07) is 14.1. The average molecular weight is 365 g/mol. The van der Waals surface area contributed by atoms with Gasteiger partial charge in [-0.05, 0) is 19.1 Å². The second-order valence-corrected chi connectivity index (χ2v) is 5.87. The summed E-state index contributed by atoms with van der Waals surface area (Å²) in [5, 5.41) is 5.35. The van der Waals surface area contributed by atoms with Crippen LogP contribution < -0.4 is 0 Å². The largest absolute Gasteiger partial charge is 0.461 e. The maximum absolute atomic E-state index is 14.0. The molecular formula is C20H16FN3O3. The molecule has 7 heteroatoms. The number of ether oxygens (including phenoxy) is 1. The van der Waals surface area contributed by atoms with E-state index in [2.05, 4.69) is 10.1 Å². The number of carbonyl (C=O) groups is 1. The van der Waals surface area contributed by atoms with Crippen LogP contribution in [-0.2, 0) is 11.3 Å². The number of carbonyl (C=O) groups excluding carboxylic acids is 1. The van der Waals surface area contributed by atoms with Gasteiger partial charge in [0.1, 0.15) is 12.1 Å². The number of hydrogen-bond donors (Lipinski definition) is 0. The number of rotatable bonds is 5. The van der Waals surface area contributed by atoms with Crippen LogP contribution >= 0.6 is 0 Å². The maximum atomic E-state index is 14.0. The molecule has 0 radical (unpaired) electrons. The second kappa shape index (κ2) is 7.03. The molecule has 2 aromatic carbocycles. The molecule has 0 aliphatic heterocycles. The van der Waals surface area contributed by atoms with Gasteiger partial charge in [0.15, 0.2) is 11.4 Å². The Morgan fingerprint density at radius 2 is 1.96 bits per heavy atom. The Morgan fingerprint density at radius 1 is 1.19 bits per heavy atom. The first kappa shape index (κ1) is 17.0. The maximum Gasteiger partial charge on any atom is 0.360 e. The minimum absolute atomic E-state index is 0.0829. The number of para-hydroxylation sites is 1. The minimum Gasteiger partial charge on any atom is -0.461 e. The van der Waals surface area contributed by atoms with E-state index in [1.54, 1.807) is 29.8 Å². The Morgan fingerprint density at radius 3 is 2.78 bits per heavy atom. The third kappa shape index (κ3) is 3.19. The molecular weight excluding hydrogens is 349 g/mol. The lowest BCUT2D eigenvalue weighted by molar-refractivity contribution is 0.0519. The van der Waals surface area contributed by atoms with Crippen LogP contribution in [0.5, 0.6) is 0 Å². The Hall–Kier alpha value is -3.48. The zero-order valence-corrected chi connectivity index (χ0v) is 14.6. The normalized spacial score (nSPS) is 11.0. The number of halogens is 1. The van der Waals surface area contributed by atoms with Gasteiger partial charge in [-0.2, -0.15) is 5.10 Å². The zero-order chi connectivity index (χ0) is 18.8. The molecule has 0 N–H and O–H groups in total. The molecule has 4 rings (SSSR count). The van der Waals surface area contributed by atoms with E-state index in [0.29, 0.717) is 11.3 Å². The monoisotopic (exact) mass is 365 g/mol. The lowest BCUT2D eigenvalue weighted by Gasteiger charge is -2.04. The minimum atomic E-state index is -0.553. The topological polar surface area (TPSA) is 70.2 Å². The molecule has 2 heterocycles. The molecule has 0 saturated carbocycles. The van der Waals surface area contributed by atoms with Crippen molar-refractivity contribution in [3.63, 3.8) is 0 Å². The third-order valence-corrected chi connectivity index (χ3v) is 4.13. The highest BCUT2D eigenvalue weighted by Crippen LogP contribution is 2.28. The van der Waals surface area contributed by atoms with E-state index >= 15 is 0 Å². The predicted octanol–water partition coefficient (Wildman–Crippen LogP) is 4.06. The van der Waals surface area contributed by atoms with Crippen molar-refractivity contribution in [1.82, 2.24) is 14.8 Å². The highest BCUT2D eigenvalue weighted by Gasteiger charge is 2.20. The van der Waals surface area contributed by atoms with Gasteiger partial charge < -0.3 is 9.15 Å². The third-order valence-electron chi connectivity index (χ3n) is 4.13. The van der Waals surface area contributed by atoms with Crippen LogP contribution in [0.2, 0.25) is 0 Å². The molecule has 27 heavy (non-hydrogen) atoms. The van der Waals surface area contributed by atoms with Crippen LogP contribution in [0.3, 0.4) is 0 Å². The molecule has 0 fully saturated rings. The van der Waals surface area contributed by atoms with Gasteiger partial charge in [0.2, 0.25) is 5.89 Å². The lowest BCUT2D eigenvalue weighted by Crippen LogP contribution is -2.05. The number of nitrogens with zero attached hydrogens (tertiary/aromatic N) is 3. The van der Waals surface area contributed by atoms with Crippen LogP contribution in [0.15, 0.2) is 59.2 Å². The van der Waals surface area contributed by atoms with Gasteiger partial charge in [0.05, 0.1) is 18.7 Å². The number of aromatic nitrogens is 3. The van der Waals surface area contributed by atoms with E-state index in [4.69, 9.17) is 9.15 Å². The zero-order valence-electron chi connectivity index (χ0n) is 14.6. The lowest BCUT2D eigenvalue weighted by atomic mass is 10.2. The van der Waals surface area contributed by atoms with Crippen molar-refractivity contribution < 1.29 is 18.3 Å². The van der Waals surface area contributed by atoms with Crippen molar-refractivity contribution >= 4 is 16.9 Å². The van der Waals surface area contributed by atoms with Crippen LogP contribution in [0.25, 0.3) is 22.5 Å². The summed E-state index contributed by atoms with van der Waals surface area (Å²) in [6.45, 7) is 2.23. The van der Waals surface area contributed by atoms with Crippen molar-refractivity contribution in [2.75, 3.05) is 6.61 Å². The fraction of sp³-hybridized carbons (Fsp3) is 0.150. The van der Waals surface area contributed by atoms with Gasteiger partial charge in [-0.25, -0.2) is 14.2 Å². The number of hydrogen-bond acceptors (Lipinski definition) is 5. The van der Waals surface area contributed by atoms with Crippen LogP contribution in [-0.4, -0.2) is 27.3 Å². The Labute approximate surface area is 154 Å². The molecule has 0 unspecified atom stereocenters. The summed E-state index contributed by atoms with van der Waals surface area (Å²) in [5.74, 6) is -0.636. The van der Waals surface area contributed by atoms with Crippen LogP contribution in [0.4, 0.5) is 4.39 Å². The Balaban J connectivity index is 1.76. The SMILES string of the molecule is CCOC(=O)c1coc(-c2nn(Cc3ccccc3F)c3ccccc23)n1. The average Bonchev–Trinajstić information content (AvgIpc) is 3.29. The van der Waals surface area contributed by atoms with E-state index in [9.17, 15) is 9.18 Å². The van der Waals surface area contributed by atoms with E-state index < -0.39 is 5.97 Å². The molecule has 2 aromatic heterocycles. The molecule has 4 aromatic rings. The first-order chi connectivity index (χ1) is 13.2. The Bertz CT molecular complexity index is 1120. The van der Waals surface area contributed by atoms with Gasteiger partial charge >= 0.3 is 5.97 Å². The smallest absolute Gasteiger partial charge is 0.360 e. The highest BCUT2D eigenvalue weighted by molar-refractivity contribution is 5.92. The van der Waals surface area contributed by atoms with Gasteiger partial charge in [-0.1, -0.05) is 36.4 Å². The summed E-state index contributed by atoms with van der Waals surface area (Å²) < 4.78 is 26.1. The summed E-state index contributed by atoms with van der Waals surface area (Å²) in [6.07, 6.45) is 1.25. The molecule has 0 aliphatic rings. The fourth-order valence-electron chi connectivity index (χ4n) is 2.88. The first-order valence-corrected chi connectivity index (χ1v) is 8.49. The summed E-state index contributed by atoms with van der Waals surface area (Å²) in [4.78, 5) is 16.0. The molecule has 0 bridgehead atoms. The molecule has 136 valence electrons. The number of fused-ring (bicyclic) bond motifs is 1. The number of esters is 1. The summed E-state index contributed by atoms with van der Waals surface area (Å²) in [5.41, 5.74) is 1.90. The summed E-state index contributed by atoms with van der Waals surface area (Å²) in [7, 11) is 0. The second-order valence-electron chi connectivity index (χ2n) is 5.87. The predicted molar refractivity (Wildman–Crippen MR) is 96.7 cm³/mol. The van der Waals surface area contributed by atoms with Gasteiger partial charge in [-0.15, -0.1) is 0 Å². The molecule has 0 aliphatic carbocycles. The molecule has 6 nitrogen and oxygen atoms in total. The molecule has 0 amide bonds. The van der Waals surface area contributed by atoms with Crippen molar-refractivity contribution in [2.45, 2.75) is 13.5 Å². The standard InChI is InChI=1S/C20H16FN3O3/c1-2-26-20(25)16-12-27-19(22-16)18-14-8-4-6-10-17(14)24(23-18)11-13-7-3-5-9-15(13)21/h3-10,12H,2,11H2,1H3. The number of oxazole rings is 1. The number of benzene rings is 2. The van der Waals surface area contributed by atoms with Gasteiger partial charge in [0.25, 0.3) is 0 Å². The van der Waals surface area contributed by atoms with Crippen molar-refractivity contribution in [3.8, 4) is 11.6 Å². The van der Waals surface area contributed by atoms with Crippen molar-refractivity contribution in [1.29, 1.82) is 0 Å². The van der Waals surface area contributed by atoms with Crippen molar-refractivity contribution in [2.24, 2.45) is 0 Å². The van der Waals surface area contributed by atoms with Crippen molar-refractivity contribution in [3.05, 3.63) is 71.9 Å². The fourth-order valence-corrected chi connectivity index (χ4v) is 2.88. The van der Waals surface area contributed by atoms with Gasteiger partial charge in [-0.3, -0.25) is 4.68 Å². The quantitative estimate of drug-likeness (QED) is 0.499. The first-order valence-electron chi connectivity index (χ1n) is 8.49. The molecule has 0 spiro atoms. The van der Waals surface area contributed by atoms with Crippen LogP contribution in [0, 0.1) is 5.82 Å². The van der Waals surface area contributed by atoms with E-state index in [-0.39, 0.29) is 30.6 Å². The van der Waals surface area contributed by atoms with E-state index in [1.165, 1.54) is 12.3 Å². The highest BCUT2D eigenvalue weighted by atomic mass is 19.1.